The highest BCUT2D eigenvalue weighted by atomic mass is 16.5. The number of aryl methyl sites for hydroxylation is 1. The fourth-order valence-electron chi connectivity index (χ4n) is 2.10. The summed E-state index contributed by atoms with van der Waals surface area (Å²) in [6.07, 6.45) is 2.90. The number of aromatic nitrogens is 1. The van der Waals surface area contributed by atoms with Gasteiger partial charge in [0.1, 0.15) is 5.75 Å². The van der Waals surface area contributed by atoms with Crippen LogP contribution in [0, 0.1) is 6.92 Å². The average Bonchev–Trinajstić information content (AvgIpc) is 2.80. The first-order valence-electron chi connectivity index (χ1n) is 5.86. The standard InChI is InChI=1S/C12H11NO.C2H6/c1-8-9-2-3-12-11(5-7-14-12)10(9)4-6-13-8;1-2/h2-4,6H,5,7H2,1H3;1-2H3. The van der Waals surface area contributed by atoms with Crippen molar-refractivity contribution in [3.8, 4) is 5.75 Å². The quantitative estimate of drug-likeness (QED) is 0.671. The van der Waals surface area contributed by atoms with Crippen LogP contribution in [0.4, 0.5) is 0 Å². The Hall–Kier alpha value is -1.57. The molecule has 0 saturated carbocycles. The minimum atomic E-state index is 0.815. The van der Waals surface area contributed by atoms with E-state index in [1.54, 1.807) is 0 Å². The SMILES string of the molecule is CC.Cc1nccc2c3c(ccc12)OCC3. The van der Waals surface area contributed by atoms with E-state index in [1.807, 2.05) is 27.0 Å². The highest BCUT2D eigenvalue weighted by Crippen LogP contribution is 2.32. The van der Waals surface area contributed by atoms with Crippen molar-refractivity contribution in [2.45, 2.75) is 27.2 Å². The minimum absolute atomic E-state index is 0.815. The van der Waals surface area contributed by atoms with Crippen LogP contribution in [-0.4, -0.2) is 11.6 Å². The highest BCUT2D eigenvalue weighted by molar-refractivity contribution is 5.89. The molecule has 0 fully saturated rings. The van der Waals surface area contributed by atoms with Crippen molar-refractivity contribution in [1.82, 2.24) is 4.98 Å². The molecule has 0 aliphatic carbocycles. The fourth-order valence-corrected chi connectivity index (χ4v) is 2.10. The van der Waals surface area contributed by atoms with Crippen LogP contribution in [-0.2, 0) is 6.42 Å². The van der Waals surface area contributed by atoms with Gasteiger partial charge in [-0.05, 0) is 30.5 Å². The number of hydrogen-bond donors (Lipinski definition) is 0. The van der Waals surface area contributed by atoms with Crippen LogP contribution in [0.3, 0.4) is 0 Å². The maximum absolute atomic E-state index is 5.53. The number of ether oxygens (including phenoxy) is 1. The summed E-state index contributed by atoms with van der Waals surface area (Å²) < 4.78 is 5.53. The van der Waals surface area contributed by atoms with Crippen molar-refractivity contribution in [3.05, 3.63) is 35.7 Å². The molecule has 0 atom stereocenters. The number of nitrogens with zero attached hydrogens (tertiary/aromatic N) is 1. The third-order valence-electron chi connectivity index (χ3n) is 2.82. The van der Waals surface area contributed by atoms with E-state index in [4.69, 9.17) is 4.74 Å². The van der Waals surface area contributed by atoms with Gasteiger partial charge in [-0.25, -0.2) is 0 Å². The number of rotatable bonds is 0. The van der Waals surface area contributed by atoms with E-state index in [-0.39, 0.29) is 0 Å². The van der Waals surface area contributed by atoms with Crippen molar-refractivity contribution in [2.75, 3.05) is 6.61 Å². The Balaban J connectivity index is 0.000000457. The molecule has 2 aromatic rings. The maximum Gasteiger partial charge on any atom is 0.123 e. The summed E-state index contributed by atoms with van der Waals surface area (Å²) in [5, 5.41) is 2.55. The minimum Gasteiger partial charge on any atom is -0.493 e. The van der Waals surface area contributed by atoms with E-state index >= 15 is 0 Å². The molecule has 0 spiro atoms. The predicted molar refractivity (Wildman–Crippen MR) is 67.0 cm³/mol. The highest BCUT2D eigenvalue weighted by Gasteiger charge is 2.15. The Labute approximate surface area is 96.3 Å². The molecule has 0 radical (unpaired) electrons. The molecular formula is C14H17NO. The van der Waals surface area contributed by atoms with Crippen molar-refractivity contribution >= 4 is 10.8 Å². The van der Waals surface area contributed by atoms with Crippen molar-refractivity contribution < 1.29 is 4.74 Å². The Kier molecular flexibility index (Phi) is 3.09. The number of pyridine rings is 1. The zero-order valence-corrected chi connectivity index (χ0v) is 10.1. The fraction of sp³-hybridized carbons (Fsp3) is 0.357. The van der Waals surface area contributed by atoms with Gasteiger partial charge in [0.05, 0.1) is 6.61 Å². The molecule has 16 heavy (non-hydrogen) atoms. The smallest absolute Gasteiger partial charge is 0.123 e. The molecule has 0 unspecified atom stereocenters. The zero-order chi connectivity index (χ0) is 11.5. The summed E-state index contributed by atoms with van der Waals surface area (Å²) in [5.74, 6) is 1.04. The molecule has 0 amide bonds. The van der Waals surface area contributed by atoms with Gasteiger partial charge in [-0.2, -0.15) is 0 Å². The lowest BCUT2D eigenvalue weighted by Gasteiger charge is -2.05. The Morgan fingerprint density at radius 1 is 1.12 bits per heavy atom. The molecule has 0 N–H and O–H groups in total. The number of fused-ring (bicyclic) bond motifs is 3. The van der Waals surface area contributed by atoms with Crippen LogP contribution in [0.25, 0.3) is 10.8 Å². The lowest BCUT2D eigenvalue weighted by atomic mass is 10.0. The van der Waals surface area contributed by atoms with Crippen molar-refractivity contribution in [3.63, 3.8) is 0 Å². The molecule has 2 nitrogen and oxygen atoms in total. The molecule has 1 aromatic carbocycles. The molecule has 2 heterocycles. The van der Waals surface area contributed by atoms with Gasteiger partial charge in [0.2, 0.25) is 0 Å². The molecule has 1 aromatic heterocycles. The Bertz CT molecular complexity index is 505. The maximum atomic E-state index is 5.53. The Morgan fingerprint density at radius 3 is 2.75 bits per heavy atom. The first-order chi connectivity index (χ1) is 7.86. The van der Waals surface area contributed by atoms with Crippen LogP contribution in [0.15, 0.2) is 24.4 Å². The van der Waals surface area contributed by atoms with Gasteiger partial charge in [0.15, 0.2) is 0 Å². The van der Waals surface area contributed by atoms with Gasteiger partial charge in [-0.3, -0.25) is 4.98 Å². The van der Waals surface area contributed by atoms with E-state index in [2.05, 4.69) is 23.2 Å². The van der Waals surface area contributed by atoms with Crippen LogP contribution >= 0.6 is 0 Å². The first kappa shape index (κ1) is 10.9. The molecule has 84 valence electrons. The van der Waals surface area contributed by atoms with E-state index in [1.165, 1.54) is 16.3 Å². The summed E-state index contributed by atoms with van der Waals surface area (Å²) in [4.78, 5) is 4.29. The molecule has 3 rings (SSSR count). The number of benzene rings is 1. The van der Waals surface area contributed by atoms with Gasteiger partial charge in [0, 0.05) is 29.3 Å². The second-order valence-corrected chi connectivity index (χ2v) is 3.63. The molecular weight excluding hydrogens is 198 g/mol. The van der Waals surface area contributed by atoms with E-state index in [0.717, 1.165) is 24.5 Å². The second-order valence-electron chi connectivity index (χ2n) is 3.63. The summed E-state index contributed by atoms with van der Waals surface area (Å²) in [6.45, 7) is 6.86. The summed E-state index contributed by atoms with van der Waals surface area (Å²) in [7, 11) is 0. The van der Waals surface area contributed by atoms with Gasteiger partial charge < -0.3 is 4.74 Å². The summed E-state index contributed by atoms with van der Waals surface area (Å²) in [6, 6.07) is 6.23. The van der Waals surface area contributed by atoms with E-state index in [0.29, 0.717) is 0 Å². The van der Waals surface area contributed by atoms with Gasteiger partial charge in [0.25, 0.3) is 0 Å². The number of hydrogen-bond acceptors (Lipinski definition) is 2. The van der Waals surface area contributed by atoms with E-state index < -0.39 is 0 Å². The Morgan fingerprint density at radius 2 is 1.94 bits per heavy atom. The van der Waals surface area contributed by atoms with Gasteiger partial charge >= 0.3 is 0 Å². The van der Waals surface area contributed by atoms with Crippen molar-refractivity contribution in [2.24, 2.45) is 0 Å². The van der Waals surface area contributed by atoms with Crippen LogP contribution in [0.2, 0.25) is 0 Å². The molecule has 0 saturated heterocycles. The van der Waals surface area contributed by atoms with Gasteiger partial charge in [-0.1, -0.05) is 13.8 Å². The lowest BCUT2D eigenvalue weighted by Crippen LogP contribution is -1.87. The predicted octanol–water partition coefficient (Wildman–Crippen LogP) is 3.50. The topological polar surface area (TPSA) is 22.1 Å². The first-order valence-corrected chi connectivity index (χ1v) is 5.86. The summed E-state index contributed by atoms with van der Waals surface area (Å²) >= 11 is 0. The zero-order valence-electron chi connectivity index (χ0n) is 10.1. The summed E-state index contributed by atoms with van der Waals surface area (Å²) in [5.41, 5.74) is 2.44. The molecule has 1 aliphatic heterocycles. The molecule has 0 bridgehead atoms. The second kappa shape index (κ2) is 4.52. The monoisotopic (exact) mass is 215 g/mol. The van der Waals surface area contributed by atoms with E-state index in [9.17, 15) is 0 Å². The van der Waals surface area contributed by atoms with Crippen molar-refractivity contribution in [1.29, 1.82) is 0 Å². The van der Waals surface area contributed by atoms with Crippen LogP contribution < -0.4 is 4.74 Å². The van der Waals surface area contributed by atoms with Crippen LogP contribution in [0.1, 0.15) is 25.1 Å². The average molecular weight is 215 g/mol. The normalized spacial score (nSPS) is 12.7. The van der Waals surface area contributed by atoms with Gasteiger partial charge in [-0.15, -0.1) is 0 Å². The third kappa shape index (κ3) is 1.64. The van der Waals surface area contributed by atoms with Crippen LogP contribution in [0.5, 0.6) is 5.75 Å². The molecule has 1 aliphatic rings. The largest absolute Gasteiger partial charge is 0.493 e. The third-order valence-corrected chi connectivity index (χ3v) is 2.82. The lowest BCUT2D eigenvalue weighted by molar-refractivity contribution is 0.357. The molecule has 2 heteroatoms.